The van der Waals surface area contributed by atoms with Gasteiger partial charge in [-0.2, -0.15) is 9.29 Å². The maximum atomic E-state index is 13.5. The van der Waals surface area contributed by atoms with Crippen molar-refractivity contribution in [2.24, 2.45) is 5.92 Å². The molecule has 1 amide bonds. The van der Waals surface area contributed by atoms with Crippen molar-refractivity contribution in [3.05, 3.63) is 58.8 Å². The standard InChI is InChI=1S/C25H28N4O4S2/c1-17-23(15-22(34-17)24-26-18(2)33-27-24)35(31,32)29-12-6-9-21(16-29)25(30)28-13-10-20(11-14-28)19-7-4-3-5-8-19/h3-5,7-8,10,15,21H,6,9,11-14,16H2,1-2H3. The van der Waals surface area contributed by atoms with E-state index >= 15 is 0 Å². The Kier molecular flexibility index (Phi) is 6.61. The second-order valence-electron chi connectivity index (χ2n) is 9.00. The van der Waals surface area contributed by atoms with Crippen molar-refractivity contribution in [3.8, 4) is 10.7 Å². The van der Waals surface area contributed by atoms with Crippen LogP contribution in [0.2, 0.25) is 0 Å². The molecular weight excluding hydrogens is 484 g/mol. The van der Waals surface area contributed by atoms with Crippen molar-refractivity contribution in [2.75, 3.05) is 26.2 Å². The third-order valence-corrected chi connectivity index (χ3v) is 9.80. The van der Waals surface area contributed by atoms with Crippen LogP contribution in [0.5, 0.6) is 0 Å². The minimum absolute atomic E-state index is 0.0401. The van der Waals surface area contributed by atoms with Crippen molar-refractivity contribution in [3.63, 3.8) is 0 Å². The predicted octanol–water partition coefficient (Wildman–Crippen LogP) is 4.13. The molecule has 2 aromatic heterocycles. The van der Waals surface area contributed by atoms with Crippen LogP contribution in [0, 0.1) is 19.8 Å². The van der Waals surface area contributed by atoms with E-state index in [2.05, 4.69) is 28.3 Å². The number of thiophene rings is 1. The number of hydrogen-bond donors (Lipinski definition) is 0. The van der Waals surface area contributed by atoms with Crippen LogP contribution in [0.15, 0.2) is 51.9 Å². The van der Waals surface area contributed by atoms with Gasteiger partial charge in [-0.1, -0.05) is 41.6 Å². The summed E-state index contributed by atoms with van der Waals surface area (Å²) in [4.78, 5) is 21.0. The molecule has 3 aromatic rings. The fraction of sp³-hybridized carbons (Fsp3) is 0.400. The van der Waals surface area contributed by atoms with Crippen LogP contribution in [0.25, 0.3) is 16.3 Å². The number of aryl methyl sites for hydroxylation is 2. The molecule has 1 atom stereocenters. The van der Waals surface area contributed by atoms with Gasteiger partial charge in [-0.15, -0.1) is 11.3 Å². The minimum Gasteiger partial charge on any atom is -0.339 e. The number of amides is 1. The van der Waals surface area contributed by atoms with E-state index in [4.69, 9.17) is 4.52 Å². The van der Waals surface area contributed by atoms with Gasteiger partial charge < -0.3 is 9.42 Å². The van der Waals surface area contributed by atoms with E-state index in [0.29, 0.717) is 53.9 Å². The summed E-state index contributed by atoms with van der Waals surface area (Å²) in [5.41, 5.74) is 2.44. The van der Waals surface area contributed by atoms with E-state index in [-0.39, 0.29) is 23.3 Å². The van der Waals surface area contributed by atoms with Gasteiger partial charge in [0, 0.05) is 38.0 Å². The number of sulfonamides is 1. The highest BCUT2D eigenvalue weighted by molar-refractivity contribution is 7.89. The topological polar surface area (TPSA) is 96.6 Å². The summed E-state index contributed by atoms with van der Waals surface area (Å²) in [6, 6.07) is 11.8. The van der Waals surface area contributed by atoms with Gasteiger partial charge in [0.15, 0.2) is 0 Å². The molecule has 1 fully saturated rings. The lowest BCUT2D eigenvalue weighted by Gasteiger charge is -2.35. The molecule has 1 unspecified atom stereocenters. The maximum Gasteiger partial charge on any atom is 0.244 e. The Labute approximate surface area is 209 Å². The zero-order chi connectivity index (χ0) is 24.6. The van der Waals surface area contributed by atoms with Gasteiger partial charge in [-0.05, 0) is 43.4 Å². The lowest BCUT2D eigenvalue weighted by molar-refractivity contribution is -0.136. The van der Waals surface area contributed by atoms with Crippen LogP contribution in [0.1, 0.15) is 35.6 Å². The van der Waals surface area contributed by atoms with Gasteiger partial charge in [-0.3, -0.25) is 4.79 Å². The first kappa shape index (κ1) is 23.9. The summed E-state index contributed by atoms with van der Waals surface area (Å²) in [6.45, 7) is 5.31. The quantitative estimate of drug-likeness (QED) is 0.510. The average Bonchev–Trinajstić information content (AvgIpc) is 3.50. The van der Waals surface area contributed by atoms with Crippen LogP contribution >= 0.6 is 11.3 Å². The highest BCUT2D eigenvalue weighted by Crippen LogP contribution is 2.35. The molecule has 4 heterocycles. The molecule has 0 saturated carbocycles. The molecule has 2 aliphatic heterocycles. The van der Waals surface area contributed by atoms with Crippen molar-refractivity contribution in [1.82, 2.24) is 19.3 Å². The second kappa shape index (κ2) is 9.67. The number of aromatic nitrogens is 2. The monoisotopic (exact) mass is 512 g/mol. The van der Waals surface area contributed by atoms with Gasteiger partial charge in [-0.25, -0.2) is 8.42 Å². The van der Waals surface area contributed by atoms with Crippen molar-refractivity contribution < 1.29 is 17.7 Å². The third-order valence-electron chi connectivity index (χ3n) is 6.64. The van der Waals surface area contributed by atoms with Gasteiger partial charge in [0.1, 0.15) is 0 Å². The van der Waals surface area contributed by atoms with E-state index < -0.39 is 10.0 Å². The molecule has 8 nitrogen and oxygen atoms in total. The molecule has 0 N–H and O–H groups in total. The van der Waals surface area contributed by atoms with Gasteiger partial charge in [0.25, 0.3) is 0 Å². The highest BCUT2D eigenvalue weighted by Gasteiger charge is 2.36. The molecule has 5 rings (SSSR count). The molecular formula is C25H28N4O4S2. The molecule has 2 aliphatic rings. The van der Waals surface area contributed by atoms with E-state index in [1.54, 1.807) is 19.9 Å². The summed E-state index contributed by atoms with van der Waals surface area (Å²) in [7, 11) is -3.74. The largest absolute Gasteiger partial charge is 0.339 e. The molecule has 1 aromatic carbocycles. The predicted molar refractivity (Wildman–Crippen MR) is 134 cm³/mol. The molecule has 0 radical (unpaired) electrons. The van der Waals surface area contributed by atoms with E-state index in [0.717, 1.165) is 6.42 Å². The van der Waals surface area contributed by atoms with Crippen molar-refractivity contribution >= 4 is 32.8 Å². The van der Waals surface area contributed by atoms with Gasteiger partial charge in [0.05, 0.1) is 15.7 Å². The highest BCUT2D eigenvalue weighted by atomic mass is 32.2. The Hall–Kier alpha value is -2.82. The number of rotatable bonds is 5. The summed E-state index contributed by atoms with van der Waals surface area (Å²) in [5.74, 6) is 0.523. The second-order valence-corrected chi connectivity index (χ2v) is 12.2. The smallest absolute Gasteiger partial charge is 0.244 e. The average molecular weight is 513 g/mol. The molecule has 10 heteroatoms. The Morgan fingerprint density at radius 1 is 1.17 bits per heavy atom. The summed E-state index contributed by atoms with van der Waals surface area (Å²) < 4.78 is 33.6. The fourth-order valence-electron chi connectivity index (χ4n) is 4.77. The fourth-order valence-corrected chi connectivity index (χ4v) is 7.78. The zero-order valence-corrected chi connectivity index (χ0v) is 21.4. The number of hydrogen-bond acceptors (Lipinski definition) is 7. The van der Waals surface area contributed by atoms with Gasteiger partial charge in [0.2, 0.25) is 27.6 Å². The first-order valence-corrected chi connectivity index (χ1v) is 14.0. The lowest BCUT2D eigenvalue weighted by atomic mass is 9.95. The summed E-state index contributed by atoms with van der Waals surface area (Å²) in [6.07, 6.45) is 4.28. The SMILES string of the molecule is Cc1nc(-c2cc(S(=O)(=O)N3CCCC(C(=O)N4CC=C(c5ccccc5)CC4)C3)c(C)s2)no1. The molecule has 35 heavy (non-hydrogen) atoms. The van der Waals surface area contributed by atoms with E-state index in [9.17, 15) is 13.2 Å². The third kappa shape index (κ3) is 4.82. The number of carbonyl (C=O) groups excluding carboxylic acids is 1. The summed E-state index contributed by atoms with van der Waals surface area (Å²) >= 11 is 1.33. The molecule has 1 saturated heterocycles. The molecule has 0 bridgehead atoms. The molecule has 0 spiro atoms. The number of carbonyl (C=O) groups is 1. The van der Waals surface area contributed by atoms with E-state index in [1.807, 2.05) is 23.1 Å². The molecule has 184 valence electrons. The first-order chi connectivity index (χ1) is 16.8. The normalized spacial score (nSPS) is 19.5. The summed E-state index contributed by atoms with van der Waals surface area (Å²) in [5, 5.41) is 3.91. The van der Waals surface area contributed by atoms with Crippen LogP contribution in [-0.4, -0.2) is 59.8 Å². The lowest BCUT2D eigenvalue weighted by Crippen LogP contribution is -2.47. The van der Waals surface area contributed by atoms with Crippen molar-refractivity contribution in [1.29, 1.82) is 0 Å². The van der Waals surface area contributed by atoms with Crippen LogP contribution in [0.4, 0.5) is 0 Å². The van der Waals surface area contributed by atoms with E-state index in [1.165, 1.54) is 26.8 Å². The Bertz CT molecular complexity index is 1360. The Morgan fingerprint density at radius 3 is 2.66 bits per heavy atom. The zero-order valence-electron chi connectivity index (χ0n) is 19.8. The number of piperidine rings is 1. The van der Waals surface area contributed by atoms with Gasteiger partial charge >= 0.3 is 0 Å². The number of benzene rings is 1. The van der Waals surface area contributed by atoms with Crippen molar-refractivity contribution in [2.45, 2.75) is 38.0 Å². The maximum absolute atomic E-state index is 13.5. The van der Waals surface area contributed by atoms with Crippen LogP contribution in [-0.2, 0) is 14.8 Å². The first-order valence-electron chi connectivity index (χ1n) is 11.8. The molecule has 0 aliphatic carbocycles. The van der Waals surface area contributed by atoms with Crippen LogP contribution < -0.4 is 0 Å². The minimum atomic E-state index is -3.74. The Balaban J connectivity index is 1.29. The Morgan fingerprint density at radius 2 is 1.97 bits per heavy atom. The van der Waals surface area contributed by atoms with Crippen LogP contribution in [0.3, 0.4) is 0 Å². The number of nitrogens with zero attached hydrogens (tertiary/aromatic N) is 4.